The molecular weight excluding hydrogens is 719 g/mol. The van der Waals surface area contributed by atoms with Crippen LogP contribution < -0.4 is 21.2 Å². The number of piperidine rings is 2. The lowest BCUT2D eigenvalue weighted by Gasteiger charge is -2.40. The Morgan fingerprint density at radius 2 is 1.85 bits per heavy atom. The summed E-state index contributed by atoms with van der Waals surface area (Å²) in [7, 11) is 3.91. The van der Waals surface area contributed by atoms with Crippen molar-refractivity contribution in [1.82, 2.24) is 38.9 Å². The number of imide groups is 1. The number of carbonyl (C=O) groups is 3. The molecule has 17 heteroatoms. The zero-order valence-corrected chi connectivity index (χ0v) is 30.9. The number of nitrogens with zero attached hydrogens (tertiary/aromatic N) is 8. The summed E-state index contributed by atoms with van der Waals surface area (Å²) in [4.78, 5) is 64.3. The van der Waals surface area contributed by atoms with E-state index in [1.54, 1.807) is 30.1 Å². The molecule has 54 heavy (non-hydrogen) atoms. The monoisotopic (exact) mass is 760 g/mol. The zero-order chi connectivity index (χ0) is 37.7. The van der Waals surface area contributed by atoms with Crippen LogP contribution in [0.3, 0.4) is 0 Å². The van der Waals surface area contributed by atoms with E-state index < -0.39 is 30.0 Å². The average Bonchev–Trinajstić information content (AvgIpc) is 3.87. The summed E-state index contributed by atoms with van der Waals surface area (Å²) in [6.07, 6.45) is 7.79. The molecule has 1 aromatic carbocycles. The minimum Gasteiger partial charge on any atom is -0.370 e. The molecule has 14 nitrogen and oxygen atoms in total. The van der Waals surface area contributed by atoms with E-state index in [-0.39, 0.29) is 28.8 Å². The van der Waals surface area contributed by atoms with Crippen LogP contribution >= 0.6 is 11.3 Å². The van der Waals surface area contributed by atoms with Gasteiger partial charge in [-0.1, -0.05) is 6.07 Å². The quantitative estimate of drug-likeness (QED) is 0.200. The third-order valence-electron chi connectivity index (χ3n) is 11.4. The topological polar surface area (TPSA) is 152 Å². The van der Waals surface area contributed by atoms with Crippen LogP contribution in [-0.4, -0.2) is 84.1 Å². The van der Waals surface area contributed by atoms with E-state index >= 15 is 0 Å². The molecule has 1 saturated carbocycles. The first-order valence-corrected chi connectivity index (χ1v) is 19.3. The highest BCUT2D eigenvalue weighted by molar-refractivity contribution is 7.14. The van der Waals surface area contributed by atoms with Gasteiger partial charge in [-0.15, -0.1) is 11.3 Å². The number of rotatable bonds is 9. The molecule has 2 saturated heterocycles. The number of imidazole rings is 1. The third kappa shape index (κ3) is 6.67. The number of aromatic nitrogens is 6. The van der Waals surface area contributed by atoms with Crippen molar-refractivity contribution in [3.63, 3.8) is 0 Å². The molecule has 2 N–H and O–H groups in total. The zero-order valence-electron chi connectivity index (χ0n) is 30.1. The molecular formula is C37H42F2N10O4S. The molecule has 3 fully saturated rings. The van der Waals surface area contributed by atoms with Gasteiger partial charge in [-0.25, -0.2) is 28.1 Å². The van der Waals surface area contributed by atoms with Crippen molar-refractivity contribution in [2.45, 2.75) is 75.8 Å². The number of nitrogens with one attached hydrogen (secondary N) is 2. The van der Waals surface area contributed by atoms with Crippen molar-refractivity contribution < 1.29 is 23.2 Å². The lowest BCUT2D eigenvalue weighted by atomic mass is 9.82. The number of hydrogen-bond donors (Lipinski definition) is 2. The van der Waals surface area contributed by atoms with Crippen LogP contribution in [0, 0.1) is 5.92 Å². The minimum absolute atomic E-state index is 0.0287. The van der Waals surface area contributed by atoms with Gasteiger partial charge in [0.05, 0.1) is 27.9 Å². The van der Waals surface area contributed by atoms with Gasteiger partial charge in [-0.2, -0.15) is 5.10 Å². The number of anilines is 2. The second kappa shape index (κ2) is 14.7. The summed E-state index contributed by atoms with van der Waals surface area (Å²) in [5.74, 6) is -0.896. The van der Waals surface area contributed by atoms with E-state index in [2.05, 4.69) is 42.5 Å². The van der Waals surface area contributed by atoms with Crippen LogP contribution in [-0.2, 0) is 16.6 Å². The number of para-hydroxylation sites is 1. The number of aryl methyl sites for hydroxylation is 1. The van der Waals surface area contributed by atoms with Gasteiger partial charge < -0.3 is 15.1 Å². The van der Waals surface area contributed by atoms with Crippen molar-refractivity contribution >= 4 is 57.1 Å². The first kappa shape index (κ1) is 36.0. The van der Waals surface area contributed by atoms with Crippen molar-refractivity contribution in [2.75, 3.05) is 36.9 Å². The van der Waals surface area contributed by atoms with Gasteiger partial charge in [0.15, 0.2) is 5.65 Å². The van der Waals surface area contributed by atoms with Gasteiger partial charge in [0, 0.05) is 57.5 Å². The van der Waals surface area contributed by atoms with E-state index in [4.69, 9.17) is 0 Å². The highest BCUT2D eigenvalue weighted by atomic mass is 32.1. The molecule has 3 amide bonds. The number of hydrogen-bond acceptors (Lipinski definition) is 10. The van der Waals surface area contributed by atoms with Gasteiger partial charge in [0.25, 0.3) is 12.3 Å². The second-order valence-electron chi connectivity index (χ2n) is 14.7. The predicted octanol–water partition coefficient (Wildman–Crippen LogP) is 4.88. The van der Waals surface area contributed by atoms with Gasteiger partial charge in [-0.05, 0) is 76.1 Å². The molecule has 8 rings (SSSR count). The molecule has 1 atom stereocenters. The fourth-order valence-electron chi connectivity index (χ4n) is 8.53. The SMILES string of the molecule is CN(C[C@H]1CC[C@H](c2nc(C(F)F)c(C(=O)Nc3cnn4cccnc34)s2)CC1)C1CCN(c2cccc3c2n(C)c(=O)n3C2CCC(=O)NC2=O)CC1. The number of thiazole rings is 1. The molecule has 5 aromatic rings. The lowest BCUT2D eigenvalue weighted by molar-refractivity contribution is -0.135. The number of benzene rings is 1. The van der Waals surface area contributed by atoms with Gasteiger partial charge in [0.2, 0.25) is 11.8 Å². The van der Waals surface area contributed by atoms with E-state index in [1.807, 2.05) is 18.2 Å². The molecule has 4 aromatic heterocycles. The first-order chi connectivity index (χ1) is 26.1. The van der Waals surface area contributed by atoms with Crippen molar-refractivity contribution in [1.29, 1.82) is 0 Å². The van der Waals surface area contributed by atoms with Gasteiger partial charge >= 0.3 is 5.69 Å². The predicted molar refractivity (Wildman–Crippen MR) is 199 cm³/mol. The molecule has 3 aliphatic rings. The van der Waals surface area contributed by atoms with Crippen LogP contribution in [0.15, 0.2) is 47.7 Å². The Morgan fingerprint density at radius 1 is 1.07 bits per heavy atom. The van der Waals surface area contributed by atoms with Gasteiger partial charge in [0.1, 0.15) is 22.3 Å². The Balaban J connectivity index is 0.870. The molecule has 0 radical (unpaired) electrons. The van der Waals surface area contributed by atoms with E-state index in [0.29, 0.717) is 40.2 Å². The third-order valence-corrected chi connectivity index (χ3v) is 12.6. The number of alkyl halides is 2. The van der Waals surface area contributed by atoms with Crippen LogP contribution in [0.2, 0.25) is 0 Å². The van der Waals surface area contributed by atoms with E-state index in [9.17, 15) is 28.0 Å². The maximum absolute atomic E-state index is 14.1. The minimum atomic E-state index is -2.87. The number of halogens is 2. The van der Waals surface area contributed by atoms with Crippen LogP contribution in [0.25, 0.3) is 16.7 Å². The molecule has 284 valence electrons. The Labute approximate surface area is 313 Å². The smallest absolute Gasteiger partial charge is 0.329 e. The van der Waals surface area contributed by atoms with Crippen molar-refractivity contribution in [3.8, 4) is 0 Å². The summed E-state index contributed by atoms with van der Waals surface area (Å²) >= 11 is 1.06. The molecule has 0 spiro atoms. The Bertz CT molecular complexity index is 2280. The molecule has 2 aliphatic heterocycles. The second-order valence-corrected chi connectivity index (χ2v) is 15.7. The fourth-order valence-corrected chi connectivity index (χ4v) is 9.67. The standard InChI is InChI=1S/C37H42F2N10O4S/c1-45(23-13-17-47(18-14-23)25-5-3-6-26-30(25)46(2)37(53)49(26)27-11-12-28(50)43-34(27)51)20-21-7-9-22(10-8-21)36-44-29(32(38)39)31(54-36)35(52)42-24-19-41-48-16-4-15-40-33(24)48/h3-6,15-16,19,21-23,27,32H,7-14,17-18,20H2,1-2H3,(H,42,52)(H,43,50,51)/t21-,22-,27?. The van der Waals surface area contributed by atoms with E-state index in [0.717, 1.165) is 80.7 Å². The van der Waals surface area contributed by atoms with Gasteiger partial charge in [-0.3, -0.25) is 28.8 Å². The largest absolute Gasteiger partial charge is 0.370 e. The average molecular weight is 761 g/mol. The molecule has 0 bridgehead atoms. The van der Waals surface area contributed by atoms with Crippen molar-refractivity contribution in [3.05, 3.63) is 68.9 Å². The first-order valence-electron chi connectivity index (χ1n) is 18.4. The fraction of sp³-hybridized carbons (Fsp3) is 0.486. The van der Waals surface area contributed by atoms with Crippen LogP contribution in [0.1, 0.15) is 90.1 Å². The Hall–Kier alpha value is -5.03. The Kier molecular flexibility index (Phi) is 9.76. The van der Waals surface area contributed by atoms with Crippen molar-refractivity contribution in [2.24, 2.45) is 13.0 Å². The number of amides is 3. The van der Waals surface area contributed by atoms with E-state index in [1.165, 1.54) is 15.3 Å². The Morgan fingerprint density at radius 3 is 2.59 bits per heavy atom. The molecule has 1 unspecified atom stereocenters. The summed E-state index contributed by atoms with van der Waals surface area (Å²) in [6.45, 7) is 2.58. The molecule has 6 heterocycles. The number of carbonyl (C=O) groups excluding carboxylic acids is 3. The van der Waals surface area contributed by atoms with Crippen LogP contribution in [0.4, 0.5) is 20.2 Å². The normalized spacial score (nSPS) is 21.4. The maximum atomic E-state index is 14.1. The summed E-state index contributed by atoms with van der Waals surface area (Å²) < 4.78 is 32.8. The van der Waals surface area contributed by atoms with Crippen LogP contribution in [0.5, 0.6) is 0 Å². The maximum Gasteiger partial charge on any atom is 0.329 e. The molecule has 1 aliphatic carbocycles. The highest BCUT2D eigenvalue weighted by Crippen LogP contribution is 2.41. The highest BCUT2D eigenvalue weighted by Gasteiger charge is 2.34. The lowest BCUT2D eigenvalue weighted by Crippen LogP contribution is -2.45. The summed E-state index contributed by atoms with van der Waals surface area (Å²) in [6, 6.07) is 7.19. The number of fused-ring (bicyclic) bond motifs is 2. The summed E-state index contributed by atoms with van der Waals surface area (Å²) in [5, 5.41) is 9.82. The summed E-state index contributed by atoms with van der Waals surface area (Å²) in [5.41, 5.74) is 2.45.